The second kappa shape index (κ2) is 8.27. The van der Waals surface area contributed by atoms with Crippen LogP contribution < -0.4 is 5.32 Å². The molecule has 0 bridgehead atoms. The lowest BCUT2D eigenvalue weighted by atomic mass is 10.1. The maximum absolute atomic E-state index is 12.2. The second-order valence-electron chi connectivity index (χ2n) is 6.46. The molecule has 9 heteroatoms. The molecule has 1 amide bonds. The van der Waals surface area contributed by atoms with Crippen molar-refractivity contribution in [3.8, 4) is 17.5 Å². The van der Waals surface area contributed by atoms with Gasteiger partial charge in [-0.15, -0.1) is 11.3 Å². The zero-order chi connectivity index (χ0) is 21.1. The molecular weight excluding hydrogens is 392 g/mol. The summed E-state index contributed by atoms with van der Waals surface area (Å²) >= 11 is 1.52. The highest BCUT2D eigenvalue weighted by Crippen LogP contribution is 2.45. The minimum Gasteiger partial charge on any atom is -0.505 e. The minimum absolute atomic E-state index is 0.0924. The standard InChI is InChI=1S/C20H22N4O4S/c1-4-12(14-9-6-10-29-14)21-15-16(19(27)23-18(15)26)22-13-8-5-7-11(17(13)25)20(28)24(2)3/h5-10,22-23,25-27H,4H2,1-3H3. The molecule has 5 N–H and O–H groups in total. The van der Waals surface area contributed by atoms with Crippen molar-refractivity contribution < 1.29 is 20.1 Å². The van der Waals surface area contributed by atoms with E-state index in [4.69, 9.17) is 0 Å². The molecule has 0 saturated heterocycles. The van der Waals surface area contributed by atoms with E-state index in [2.05, 4.69) is 15.3 Å². The number of aromatic amines is 1. The lowest BCUT2D eigenvalue weighted by molar-refractivity contribution is 0.0824. The average Bonchev–Trinajstić information content (AvgIpc) is 3.30. The number of H-pyrrole nitrogens is 1. The van der Waals surface area contributed by atoms with E-state index in [1.165, 1.54) is 22.3 Å². The first-order chi connectivity index (χ1) is 13.8. The third kappa shape index (κ3) is 4.04. The molecule has 2 heterocycles. The smallest absolute Gasteiger partial charge is 0.257 e. The lowest BCUT2D eigenvalue weighted by Crippen LogP contribution is -2.21. The molecule has 152 valence electrons. The number of hydrogen-bond donors (Lipinski definition) is 5. The molecule has 0 saturated carbocycles. The van der Waals surface area contributed by atoms with Gasteiger partial charge >= 0.3 is 0 Å². The Labute approximate surface area is 171 Å². The van der Waals surface area contributed by atoms with Crippen LogP contribution in [0.3, 0.4) is 0 Å². The molecule has 3 rings (SSSR count). The van der Waals surface area contributed by atoms with E-state index in [1.54, 1.807) is 26.2 Å². The summed E-state index contributed by atoms with van der Waals surface area (Å²) in [5.74, 6) is -1.29. The van der Waals surface area contributed by atoms with E-state index >= 15 is 0 Å². The maximum atomic E-state index is 12.2. The normalized spacial score (nSPS) is 11.5. The van der Waals surface area contributed by atoms with Crippen LogP contribution in [0.25, 0.3) is 0 Å². The number of carbonyl (C=O) groups is 1. The Morgan fingerprint density at radius 3 is 2.55 bits per heavy atom. The van der Waals surface area contributed by atoms with Crippen LogP contribution in [-0.2, 0) is 0 Å². The predicted molar refractivity (Wildman–Crippen MR) is 114 cm³/mol. The summed E-state index contributed by atoms with van der Waals surface area (Å²) in [4.78, 5) is 21.5. The Hall–Kier alpha value is -3.46. The number of nitrogens with one attached hydrogen (secondary N) is 2. The van der Waals surface area contributed by atoms with Crippen molar-refractivity contribution in [3.05, 3.63) is 46.2 Å². The molecule has 0 aliphatic carbocycles. The molecule has 0 aliphatic rings. The topological polar surface area (TPSA) is 121 Å². The van der Waals surface area contributed by atoms with Crippen molar-refractivity contribution >= 4 is 40.0 Å². The third-order valence-electron chi connectivity index (χ3n) is 4.25. The van der Waals surface area contributed by atoms with Crippen molar-refractivity contribution in [1.82, 2.24) is 9.88 Å². The number of carbonyl (C=O) groups excluding carboxylic acids is 1. The fraction of sp³-hybridized carbons (Fsp3) is 0.200. The number of hydrogen-bond acceptors (Lipinski definition) is 7. The van der Waals surface area contributed by atoms with Gasteiger partial charge in [-0.05, 0) is 30.0 Å². The van der Waals surface area contributed by atoms with Crippen molar-refractivity contribution in [2.75, 3.05) is 19.4 Å². The summed E-state index contributed by atoms with van der Waals surface area (Å²) in [7, 11) is 3.17. The van der Waals surface area contributed by atoms with Crippen LogP contribution in [-0.4, -0.2) is 50.9 Å². The van der Waals surface area contributed by atoms with Gasteiger partial charge in [0.1, 0.15) is 5.69 Å². The SMILES string of the molecule is CCC(=Nc1c(O)[nH]c(O)c1Nc1cccc(C(=O)N(C)C)c1O)c1cccs1. The van der Waals surface area contributed by atoms with Crippen LogP contribution in [0.1, 0.15) is 28.6 Å². The molecule has 0 atom stereocenters. The Morgan fingerprint density at radius 1 is 1.17 bits per heavy atom. The molecule has 0 fully saturated rings. The summed E-state index contributed by atoms with van der Waals surface area (Å²) < 4.78 is 0. The first-order valence-electron chi connectivity index (χ1n) is 8.89. The molecule has 1 aromatic carbocycles. The van der Waals surface area contributed by atoms with Gasteiger partial charge in [0.05, 0.1) is 17.0 Å². The zero-order valence-electron chi connectivity index (χ0n) is 16.2. The maximum Gasteiger partial charge on any atom is 0.257 e. The van der Waals surface area contributed by atoms with Gasteiger partial charge < -0.3 is 25.5 Å². The number of phenols is 1. The highest BCUT2D eigenvalue weighted by Gasteiger charge is 2.21. The number of thiophene rings is 1. The van der Waals surface area contributed by atoms with E-state index in [9.17, 15) is 20.1 Å². The van der Waals surface area contributed by atoms with Crippen LogP contribution in [0.2, 0.25) is 0 Å². The number of nitrogens with zero attached hydrogens (tertiary/aromatic N) is 2. The van der Waals surface area contributed by atoms with Crippen molar-refractivity contribution in [2.24, 2.45) is 4.99 Å². The van der Waals surface area contributed by atoms with Gasteiger partial charge in [-0.1, -0.05) is 19.1 Å². The monoisotopic (exact) mass is 414 g/mol. The molecule has 2 aromatic heterocycles. The lowest BCUT2D eigenvalue weighted by Gasteiger charge is -2.14. The number of amides is 1. The highest BCUT2D eigenvalue weighted by molar-refractivity contribution is 7.12. The van der Waals surface area contributed by atoms with Gasteiger partial charge in [0.15, 0.2) is 11.4 Å². The minimum atomic E-state index is -0.364. The van der Waals surface area contributed by atoms with Crippen LogP contribution >= 0.6 is 11.3 Å². The largest absolute Gasteiger partial charge is 0.505 e. The van der Waals surface area contributed by atoms with Gasteiger partial charge in [0.25, 0.3) is 5.91 Å². The van der Waals surface area contributed by atoms with Crippen LogP contribution in [0, 0.1) is 0 Å². The van der Waals surface area contributed by atoms with Crippen molar-refractivity contribution in [3.63, 3.8) is 0 Å². The van der Waals surface area contributed by atoms with Gasteiger partial charge in [0.2, 0.25) is 11.8 Å². The number of aromatic nitrogens is 1. The van der Waals surface area contributed by atoms with Crippen LogP contribution in [0.4, 0.5) is 17.1 Å². The van der Waals surface area contributed by atoms with Crippen LogP contribution in [0.5, 0.6) is 17.5 Å². The molecule has 0 radical (unpaired) electrons. The van der Waals surface area contributed by atoms with E-state index < -0.39 is 0 Å². The number of benzene rings is 1. The molecule has 29 heavy (non-hydrogen) atoms. The molecule has 0 aliphatic heterocycles. The number of para-hydroxylation sites is 1. The number of phenolic OH excluding ortho intramolecular Hbond substituents is 1. The Balaban J connectivity index is 2.04. The van der Waals surface area contributed by atoms with Gasteiger partial charge in [-0.2, -0.15) is 0 Å². The van der Waals surface area contributed by atoms with E-state index in [0.29, 0.717) is 6.42 Å². The molecular formula is C20H22N4O4S. The molecule has 3 aromatic rings. The second-order valence-corrected chi connectivity index (χ2v) is 7.41. The number of anilines is 2. The fourth-order valence-electron chi connectivity index (χ4n) is 2.77. The summed E-state index contributed by atoms with van der Waals surface area (Å²) in [5.41, 5.74) is 1.24. The highest BCUT2D eigenvalue weighted by atomic mass is 32.1. The van der Waals surface area contributed by atoms with Gasteiger partial charge in [0, 0.05) is 19.0 Å². The Morgan fingerprint density at radius 2 is 1.93 bits per heavy atom. The quantitative estimate of drug-likeness (QED) is 0.306. The third-order valence-corrected chi connectivity index (χ3v) is 5.17. The number of rotatable bonds is 6. The fourth-order valence-corrected chi connectivity index (χ4v) is 3.56. The van der Waals surface area contributed by atoms with Crippen molar-refractivity contribution in [1.29, 1.82) is 0 Å². The zero-order valence-corrected chi connectivity index (χ0v) is 17.0. The summed E-state index contributed by atoms with van der Waals surface area (Å²) in [5, 5.41) is 35.8. The summed E-state index contributed by atoms with van der Waals surface area (Å²) in [6.07, 6.45) is 0.614. The average molecular weight is 414 g/mol. The molecule has 0 spiro atoms. The van der Waals surface area contributed by atoms with Gasteiger partial charge in [-0.25, -0.2) is 4.99 Å². The predicted octanol–water partition coefficient (Wildman–Crippen LogP) is 4.17. The Bertz CT molecular complexity index is 1050. The molecule has 8 nitrogen and oxygen atoms in total. The first kappa shape index (κ1) is 20.3. The van der Waals surface area contributed by atoms with E-state index in [1.807, 2.05) is 24.4 Å². The summed E-state index contributed by atoms with van der Waals surface area (Å²) in [6, 6.07) is 8.49. The van der Waals surface area contributed by atoms with E-state index in [-0.39, 0.29) is 46.0 Å². The van der Waals surface area contributed by atoms with E-state index in [0.717, 1.165) is 10.6 Å². The van der Waals surface area contributed by atoms with Crippen LogP contribution in [0.15, 0.2) is 40.7 Å². The molecule has 0 unspecified atom stereocenters. The number of aliphatic imine (C=N–C) groups is 1. The first-order valence-corrected chi connectivity index (χ1v) is 9.77. The van der Waals surface area contributed by atoms with Gasteiger partial charge in [-0.3, -0.25) is 9.78 Å². The van der Waals surface area contributed by atoms with Crippen molar-refractivity contribution in [2.45, 2.75) is 13.3 Å². The number of aromatic hydroxyl groups is 3. The summed E-state index contributed by atoms with van der Waals surface area (Å²) in [6.45, 7) is 1.94. The Kier molecular flexibility index (Phi) is 5.79.